The fourth-order valence-electron chi connectivity index (χ4n) is 3.05. The fourth-order valence-corrected chi connectivity index (χ4v) is 3.05. The van der Waals surface area contributed by atoms with E-state index in [-0.39, 0.29) is 6.61 Å². The summed E-state index contributed by atoms with van der Waals surface area (Å²) in [7, 11) is 0. The van der Waals surface area contributed by atoms with E-state index in [1.807, 2.05) is 36.5 Å². The standard InChI is InChI=1S/C18H18N4O/c1-2-17-19-8-14-9-22(10-16(14)20-17)18-13(11-23)7-12-5-3-4-6-15(12)21-18/h3-8,23H,2,9-11H2,1H3. The third kappa shape index (κ3) is 2.43. The van der Waals surface area contributed by atoms with Crippen molar-refractivity contribution < 1.29 is 5.11 Å². The molecule has 1 aliphatic rings. The second-order valence-corrected chi connectivity index (χ2v) is 5.79. The van der Waals surface area contributed by atoms with Crippen molar-refractivity contribution in [1.82, 2.24) is 15.0 Å². The van der Waals surface area contributed by atoms with Crippen LogP contribution in [0.5, 0.6) is 0 Å². The Morgan fingerprint density at radius 3 is 2.87 bits per heavy atom. The van der Waals surface area contributed by atoms with Gasteiger partial charge in [-0.05, 0) is 12.1 Å². The van der Waals surface area contributed by atoms with Gasteiger partial charge >= 0.3 is 0 Å². The SMILES string of the molecule is CCc1ncc2c(n1)CN(c1nc3ccccc3cc1CO)C2. The quantitative estimate of drug-likeness (QED) is 0.806. The van der Waals surface area contributed by atoms with E-state index in [0.29, 0.717) is 6.54 Å². The Morgan fingerprint density at radius 2 is 2.04 bits per heavy atom. The Labute approximate surface area is 134 Å². The third-order valence-electron chi connectivity index (χ3n) is 4.27. The van der Waals surface area contributed by atoms with E-state index in [0.717, 1.165) is 52.3 Å². The number of para-hydroxylation sites is 1. The Bertz CT molecular complexity index is 878. The van der Waals surface area contributed by atoms with Gasteiger partial charge in [0.2, 0.25) is 0 Å². The minimum atomic E-state index is -0.0219. The normalized spacial score (nSPS) is 13.6. The van der Waals surface area contributed by atoms with Crippen molar-refractivity contribution in [3.05, 3.63) is 59.2 Å². The lowest BCUT2D eigenvalue weighted by Gasteiger charge is -2.20. The van der Waals surface area contributed by atoms with Crippen LogP contribution < -0.4 is 4.90 Å². The first kappa shape index (κ1) is 14.1. The fraction of sp³-hybridized carbons (Fsp3) is 0.278. The van der Waals surface area contributed by atoms with Gasteiger partial charge in [-0.2, -0.15) is 0 Å². The van der Waals surface area contributed by atoms with E-state index < -0.39 is 0 Å². The Morgan fingerprint density at radius 1 is 1.17 bits per heavy atom. The smallest absolute Gasteiger partial charge is 0.135 e. The predicted molar refractivity (Wildman–Crippen MR) is 89.0 cm³/mol. The molecule has 0 aliphatic carbocycles. The summed E-state index contributed by atoms with van der Waals surface area (Å²) >= 11 is 0. The molecule has 3 aromatic rings. The molecule has 0 spiro atoms. The van der Waals surface area contributed by atoms with Crippen molar-refractivity contribution in [2.45, 2.75) is 33.0 Å². The van der Waals surface area contributed by atoms with Gasteiger partial charge in [0.1, 0.15) is 11.6 Å². The van der Waals surface area contributed by atoms with Gasteiger partial charge in [-0.3, -0.25) is 0 Å². The van der Waals surface area contributed by atoms with Crippen LogP contribution in [0.1, 0.15) is 29.6 Å². The number of hydrogen-bond donors (Lipinski definition) is 1. The minimum Gasteiger partial charge on any atom is -0.392 e. The number of rotatable bonds is 3. The van der Waals surface area contributed by atoms with Crippen LogP contribution in [0, 0.1) is 0 Å². The topological polar surface area (TPSA) is 62.1 Å². The number of aromatic nitrogens is 3. The first-order chi connectivity index (χ1) is 11.3. The molecule has 0 atom stereocenters. The molecule has 5 heteroatoms. The van der Waals surface area contributed by atoms with E-state index in [2.05, 4.69) is 21.8 Å². The zero-order valence-corrected chi connectivity index (χ0v) is 13.0. The Balaban J connectivity index is 1.75. The lowest BCUT2D eigenvalue weighted by molar-refractivity contribution is 0.282. The molecule has 1 aromatic carbocycles. The number of aliphatic hydroxyl groups excluding tert-OH is 1. The predicted octanol–water partition coefficient (Wildman–Crippen LogP) is 2.60. The molecule has 3 heterocycles. The zero-order valence-electron chi connectivity index (χ0n) is 13.0. The van der Waals surface area contributed by atoms with E-state index in [1.54, 1.807) is 0 Å². The molecule has 4 rings (SSSR count). The van der Waals surface area contributed by atoms with Gasteiger partial charge in [0, 0.05) is 35.7 Å². The first-order valence-electron chi connectivity index (χ1n) is 7.86. The van der Waals surface area contributed by atoms with E-state index in [1.165, 1.54) is 0 Å². The largest absolute Gasteiger partial charge is 0.392 e. The summed E-state index contributed by atoms with van der Waals surface area (Å²) in [4.78, 5) is 15.9. The summed E-state index contributed by atoms with van der Waals surface area (Å²) in [6.07, 6.45) is 2.75. The molecule has 0 amide bonds. The van der Waals surface area contributed by atoms with Crippen molar-refractivity contribution in [3.8, 4) is 0 Å². The molecule has 5 nitrogen and oxygen atoms in total. The summed E-state index contributed by atoms with van der Waals surface area (Å²) in [5, 5.41) is 10.8. The number of aliphatic hydroxyl groups is 1. The van der Waals surface area contributed by atoms with E-state index in [9.17, 15) is 5.11 Å². The molecule has 1 N–H and O–H groups in total. The monoisotopic (exact) mass is 306 g/mol. The summed E-state index contributed by atoms with van der Waals surface area (Å²) in [6.45, 7) is 3.48. The number of fused-ring (bicyclic) bond motifs is 2. The van der Waals surface area contributed by atoms with Gasteiger partial charge in [0.25, 0.3) is 0 Å². The summed E-state index contributed by atoms with van der Waals surface area (Å²) < 4.78 is 0. The lowest BCUT2D eigenvalue weighted by atomic mass is 10.1. The van der Waals surface area contributed by atoms with Gasteiger partial charge in [0.15, 0.2) is 0 Å². The van der Waals surface area contributed by atoms with Gasteiger partial charge in [-0.1, -0.05) is 25.1 Å². The zero-order chi connectivity index (χ0) is 15.8. The number of anilines is 1. The maximum absolute atomic E-state index is 9.74. The van der Waals surface area contributed by atoms with Crippen LogP contribution in [0.25, 0.3) is 10.9 Å². The molecule has 2 aromatic heterocycles. The van der Waals surface area contributed by atoms with Crippen LogP contribution in [0.4, 0.5) is 5.82 Å². The van der Waals surface area contributed by atoms with Crippen molar-refractivity contribution in [2.24, 2.45) is 0 Å². The van der Waals surface area contributed by atoms with E-state index >= 15 is 0 Å². The maximum Gasteiger partial charge on any atom is 0.135 e. The average Bonchev–Trinajstić information content (AvgIpc) is 3.03. The Kier molecular flexibility index (Phi) is 3.42. The number of hydrogen-bond acceptors (Lipinski definition) is 5. The third-order valence-corrected chi connectivity index (χ3v) is 4.27. The molecular weight excluding hydrogens is 288 g/mol. The molecule has 0 fully saturated rings. The molecule has 0 saturated heterocycles. The highest BCUT2D eigenvalue weighted by Crippen LogP contribution is 2.30. The van der Waals surface area contributed by atoms with Crippen molar-refractivity contribution in [3.63, 3.8) is 0 Å². The van der Waals surface area contributed by atoms with Crippen LogP contribution >= 0.6 is 0 Å². The summed E-state index contributed by atoms with van der Waals surface area (Å²) in [5.41, 5.74) is 3.99. The van der Waals surface area contributed by atoms with Crippen molar-refractivity contribution >= 4 is 16.7 Å². The van der Waals surface area contributed by atoms with Crippen LogP contribution in [-0.2, 0) is 26.1 Å². The lowest BCUT2D eigenvalue weighted by Crippen LogP contribution is -2.18. The molecule has 0 radical (unpaired) electrons. The van der Waals surface area contributed by atoms with Gasteiger partial charge in [0.05, 0.1) is 24.4 Å². The van der Waals surface area contributed by atoms with Crippen LogP contribution in [0.3, 0.4) is 0 Å². The van der Waals surface area contributed by atoms with Crippen LogP contribution in [0.15, 0.2) is 36.5 Å². The summed E-state index contributed by atoms with van der Waals surface area (Å²) in [6, 6.07) is 10.00. The molecule has 0 bridgehead atoms. The van der Waals surface area contributed by atoms with Crippen LogP contribution in [0.2, 0.25) is 0 Å². The average molecular weight is 306 g/mol. The van der Waals surface area contributed by atoms with Crippen LogP contribution in [-0.4, -0.2) is 20.1 Å². The summed E-state index contributed by atoms with van der Waals surface area (Å²) in [5.74, 6) is 1.71. The second kappa shape index (κ2) is 5.59. The van der Waals surface area contributed by atoms with Crippen molar-refractivity contribution in [1.29, 1.82) is 0 Å². The number of nitrogens with zero attached hydrogens (tertiary/aromatic N) is 4. The first-order valence-corrected chi connectivity index (χ1v) is 7.86. The van der Waals surface area contributed by atoms with Gasteiger partial charge in [-0.15, -0.1) is 0 Å². The number of aryl methyl sites for hydroxylation is 1. The molecule has 0 saturated carbocycles. The Hall–Kier alpha value is -2.53. The highest BCUT2D eigenvalue weighted by Gasteiger charge is 2.24. The van der Waals surface area contributed by atoms with Crippen molar-refractivity contribution in [2.75, 3.05) is 4.90 Å². The number of pyridine rings is 1. The maximum atomic E-state index is 9.74. The number of benzene rings is 1. The van der Waals surface area contributed by atoms with Gasteiger partial charge < -0.3 is 10.0 Å². The second-order valence-electron chi connectivity index (χ2n) is 5.79. The highest BCUT2D eigenvalue weighted by molar-refractivity contribution is 5.81. The molecule has 116 valence electrons. The molecular formula is C18H18N4O. The van der Waals surface area contributed by atoms with E-state index in [4.69, 9.17) is 4.98 Å². The highest BCUT2D eigenvalue weighted by atomic mass is 16.3. The molecule has 23 heavy (non-hydrogen) atoms. The molecule has 1 aliphatic heterocycles. The molecule has 0 unspecified atom stereocenters. The minimum absolute atomic E-state index is 0.0219. The van der Waals surface area contributed by atoms with Gasteiger partial charge in [-0.25, -0.2) is 15.0 Å².